The molecule has 9 heteroatoms. The highest BCUT2D eigenvalue weighted by molar-refractivity contribution is 6.36. The van der Waals surface area contributed by atoms with E-state index in [2.05, 4.69) is 33.3 Å². The van der Waals surface area contributed by atoms with Gasteiger partial charge in [0.15, 0.2) is 0 Å². The lowest BCUT2D eigenvalue weighted by Gasteiger charge is -2.10. The van der Waals surface area contributed by atoms with Gasteiger partial charge in [0.1, 0.15) is 17.2 Å². The molecule has 0 radical (unpaired) electrons. The van der Waals surface area contributed by atoms with E-state index in [1.807, 2.05) is 23.6 Å². The van der Waals surface area contributed by atoms with E-state index in [9.17, 15) is 9.18 Å². The Hall–Kier alpha value is -3.42. The molecule has 3 aromatic carbocycles. The number of aromatic amines is 1. The first-order valence-electron chi connectivity index (χ1n) is 11.3. The van der Waals surface area contributed by atoms with Crippen molar-refractivity contribution in [1.29, 1.82) is 0 Å². The van der Waals surface area contributed by atoms with E-state index in [1.54, 1.807) is 12.1 Å². The maximum absolute atomic E-state index is 14.4. The lowest BCUT2D eigenvalue weighted by atomic mass is 10.2. The van der Waals surface area contributed by atoms with Gasteiger partial charge in [-0.05, 0) is 55.3 Å². The largest absolute Gasteiger partial charge is 0.338 e. The monoisotopic (exact) mass is 509 g/mol. The molecule has 1 amide bonds. The number of fused-ring (bicyclic) bond motifs is 2. The van der Waals surface area contributed by atoms with Crippen LogP contribution in [0.5, 0.6) is 0 Å². The van der Waals surface area contributed by atoms with Gasteiger partial charge in [-0.2, -0.15) is 0 Å². The minimum Gasteiger partial charge on any atom is -0.338 e. The first-order chi connectivity index (χ1) is 16.9. The number of anilines is 1. The average Bonchev–Trinajstić information content (AvgIpc) is 3.38. The van der Waals surface area contributed by atoms with Crippen LogP contribution < -0.4 is 5.32 Å². The second kappa shape index (κ2) is 9.32. The molecule has 178 valence electrons. The van der Waals surface area contributed by atoms with E-state index in [-0.39, 0.29) is 27.3 Å². The van der Waals surface area contributed by atoms with Gasteiger partial charge in [0.05, 0.1) is 32.2 Å². The number of rotatable bonds is 6. The van der Waals surface area contributed by atoms with Crippen LogP contribution in [0.3, 0.4) is 0 Å². The second-order valence-corrected chi connectivity index (χ2v) is 9.24. The molecule has 0 unspecified atom stereocenters. The first kappa shape index (κ1) is 23.3. The molecule has 0 fully saturated rings. The zero-order valence-corrected chi connectivity index (χ0v) is 20.6. The number of carbonyl (C=O) groups is 1. The molecule has 2 N–H and O–H groups in total. The van der Waals surface area contributed by atoms with E-state index in [4.69, 9.17) is 23.2 Å². The van der Waals surface area contributed by atoms with E-state index in [1.165, 1.54) is 18.2 Å². The topological polar surface area (TPSA) is 75.6 Å². The third-order valence-corrected chi connectivity index (χ3v) is 6.47. The van der Waals surface area contributed by atoms with Crippen LogP contribution in [0.1, 0.15) is 35.7 Å². The van der Waals surface area contributed by atoms with Crippen molar-refractivity contribution < 1.29 is 9.18 Å². The van der Waals surface area contributed by atoms with Gasteiger partial charge in [-0.15, -0.1) is 0 Å². The number of benzene rings is 3. The molecule has 2 aromatic heterocycles. The third-order valence-electron chi connectivity index (χ3n) is 5.87. The normalized spacial score (nSPS) is 11.5. The first-order valence-corrected chi connectivity index (χ1v) is 12.0. The van der Waals surface area contributed by atoms with Gasteiger partial charge in [0, 0.05) is 12.1 Å². The summed E-state index contributed by atoms with van der Waals surface area (Å²) in [7, 11) is 0. The Bertz CT molecular complexity index is 1570. The van der Waals surface area contributed by atoms with Crippen LogP contribution in [0.4, 0.5) is 10.3 Å². The standard InChI is InChI=1S/C26H22Cl2FN5O/c1-3-4-10-34-21-11-14(2)8-9-19(21)31-26(34)33-25(35)15-12-17(28)23-20(13-15)30-24(32-23)22-16(27)6-5-7-18(22)29/h5-9,11-13H,3-4,10H2,1-2H3,(H,30,32)(H,31,33,35). The number of nitrogens with zero attached hydrogens (tertiary/aromatic N) is 3. The van der Waals surface area contributed by atoms with Gasteiger partial charge in [0.2, 0.25) is 5.95 Å². The Labute approximate surface area is 211 Å². The van der Waals surface area contributed by atoms with Crippen LogP contribution in [0.2, 0.25) is 10.0 Å². The second-order valence-electron chi connectivity index (χ2n) is 8.42. The molecule has 0 aliphatic carbocycles. The molecular weight excluding hydrogens is 488 g/mol. The van der Waals surface area contributed by atoms with Crippen molar-refractivity contribution in [3.8, 4) is 11.4 Å². The van der Waals surface area contributed by atoms with E-state index in [0.717, 1.165) is 36.0 Å². The smallest absolute Gasteiger partial charge is 0.258 e. The summed E-state index contributed by atoms with van der Waals surface area (Å²) in [5.74, 6) is -0.159. The molecule has 5 aromatic rings. The molecule has 0 aliphatic rings. The van der Waals surface area contributed by atoms with Crippen molar-refractivity contribution in [3.05, 3.63) is 75.5 Å². The number of unbranched alkanes of at least 4 members (excludes halogenated alkanes) is 1. The summed E-state index contributed by atoms with van der Waals surface area (Å²) < 4.78 is 16.4. The Morgan fingerprint density at radius 3 is 2.71 bits per heavy atom. The Morgan fingerprint density at radius 2 is 1.94 bits per heavy atom. The maximum Gasteiger partial charge on any atom is 0.258 e. The fraction of sp³-hybridized carbons (Fsp3) is 0.192. The number of amides is 1. The highest BCUT2D eigenvalue weighted by Crippen LogP contribution is 2.32. The van der Waals surface area contributed by atoms with Crippen molar-refractivity contribution >= 4 is 57.1 Å². The molecule has 5 rings (SSSR count). The predicted octanol–water partition coefficient (Wildman–Crippen LogP) is 7.39. The summed E-state index contributed by atoms with van der Waals surface area (Å²) in [6, 6.07) is 13.6. The van der Waals surface area contributed by atoms with Crippen molar-refractivity contribution in [2.45, 2.75) is 33.2 Å². The Kier molecular flexibility index (Phi) is 6.21. The summed E-state index contributed by atoms with van der Waals surface area (Å²) in [6.45, 7) is 4.88. The predicted molar refractivity (Wildman–Crippen MR) is 139 cm³/mol. The number of imidazole rings is 2. The number of carbonyl (C=O) groups excluding carboxylic acids is 1. The van der Waals surface area contributed by atoms with Crippen LogP contribution in [-0.4, -0.2) is 25.4 Å². The summed E-state index contributed by atoms with van der Waals surface area (Å²) in [6.07, 6.45) is 1.97. The minimum atomic E-state index is -0.508. The van der Waals surface area contributed by atoms with Gasteiger partial charge in [-0.25, -0.2) is 14.4 Å². The number of aromatic nitrogens is 4. The van der Waals surface area contributed by atoms with Gasteiger partial charge in [-0.3, -0.25) is 10.1 Å². The molecule has 0 bridgehead atoms. The lowest BCUT2D eigenvalue weighted by molar-refractivity contribution is 0.102. The van der Waals surface area contributed by atoms with Crippen molar-refractivity contribution in [1.82, 2.24) is 19.5 Å². The van der Waals surface area contributed by atoms with Crippen LogP contribution in [-0.2, 0) is 6.54 Å². The highest BCUT2D eigenvalue weighted by Gasteiger charge is 2.19. The lowest BCUT2D eigenvalue weighted by Crippen LogP contribution is -2.16. The van der Waals surface area contributed by atoms with E-state index in [0.29, 0.717) is 22.5 Å². The zero-order chi connectivity index (χ0) is 24.7. The summed E-state index contributed by atoms with van der Waals surface area (Å²) in [5, 5.41) is 3.42. The number of hydrogen-bond acceptors (Lipinski definition) is 3. The van der Waals surface area contributed by atoms with Crippen molar-refractivity contribution in [2.75, 3.05) is 5.32 Å². The summed E-state index contributed by atoms with van der Waals surface area (Å²) in [4.78, 5) is 25.3. The number of hydrogen-bond donors (Lipinski definition) is 2. The molecule has 35 heavy (non-hydrogen) atoms. The van der Waals surface area contributed by atoms with E-state index < -0.39 is 5.82 Å². The third kappa shape index (κ3) is 4.37. The molecule has 0 saturated heterocycles. The quantitative estimate of drug-likeness (QED) is 0.250. The molecule has 0 atom stereocenters. The fourth-order valence-corrected chi connectivity index (χ4v) is 4.61. The molecular formula is C26H22Cl2FN5O. The Balaban J connectivity index is 1.52. The average molecular weight is 510 g/mol. The number of nitrogens with one attached hydrogen (secondary N) is 2. The van der Waals surface area contributed by atoms with Crippen molar-refractivity contribution in [2.24, 2.45) is 0 Å². The molecule has 0 saturated carbocycles. The number of halogens is 3. The summed E-state index contributed by atoms with van der Waals surface area (Å²) >= 11 is 12.7. The van der Waals surface area contributed by atoms with Gasteiger partial charge in [-0.1, -0.05) is 48.7 Å². The molecule has 0 aliphatic heterocycles. The zero-order valence-electron chi connectivity index (χ0n) is 19.1. The highest BCUT2D eigenvalue weighted by atomic mass is 35.5. The maximum atomic E-state index is 14.4. The fourth-order valence-electron chi connectivity index (χ4n) is 4.09. The van der Waals surface area contributed by atoms with Crippen LogP contribution in [0.15, 0.2) is 48.5 Å². The Morgan fingerprint density at radius 1 is 1.11 bits per heavy atom. The summed E-state index contributed by atoms with van der Waals surface area (Å²) in [5.41, 5.74) is 4.29. The van der Waals surface area contributed by atoms with Gasteiger partial charge < -0.3 is 9.55 Å². The van der Waals surface area contributed by atoms with E-state index >= 15 is 0 Å². The molecule has 6 nitrogen and oxygen atoms in total. The number of aryl methyl sites for hydroxylation is 2. The van der Waals surface area contributed by atoms with Gasteiger partial charge >= 0.3 is 0 Å². The molecule has 0 spiro atoms. The molecule has 2 heterocycles. The van der Waals surface area contributed by atoms with Crippen LogP contribution in [0, 0.1) is 12.7 Å². The minimum absolute atomic E-state index is 0.146. The van der Waals surface area contributed by atoms with Crippen molar-refractivity contribution in [3.63, 3.8) is 0 Å². The van der Waals surface area contributed by atoms with Gasteiger partial charge in [0.25, 0.3) is 5.91 Å². The number of H-pyrrole nitrogens is 1. The SMILES string of the molecule is CCCCn1c(NC(=O)c2cc(Cl)c3nc(-c4c(F)cccc4Cl)[nH]c3c2)nc2ccc(C)cc21. The van der Waals surface area contributed by atoms with Crippen LogP contribution in [0.25, 0.3) is 33.5 Å². The van der Waals surface area contributed by atoms with Crippen LogP contribution >= 0.6 is 23.2 Å².